The van der Waals surface area contributed by atoms with Gasteiger partial charge in [0.05, 0.1) is 16.2 Å². The summed E-state index contributed by atoms with van der Waals surface area (Å²) in [6.07, 6.45) is 1.45. The van der Waals surface area contributed by atoms with Crippen LogP contribution in [0, 0.1) is 10.1 Å². The number of benzene rings is 3. The van der Waals surface area contributed by atoms with Gasteiger partial charge in [0.1, 0.15) is 0 Å². The van der Waals surface area contributed by atoms with Gasteiger partial charge in [0.15, 0.2) is 11.6 Å². The normalized spacial score (nSPS) is 12.7. The first-order valence-corrected chi connectivity index (χ1v) is 8.16. The van der Waals surface area contributed by atoms with Crippen molar-refractivity contribution < 1.29 is 14.5 Å². The fourth-order valence-electron chi connectivity index (χ4n) is 3.10. The van der Waals surface area contributed by atoms with Gasteiger partial charge in [-0.15, -0.1) is 0 Å². The average Bonchev–Trinajstić information content (AvgIpc) is 2.70. The van der Waals surface area contributed by atoms with Crippen LogP contribution in [-0.2, 0) is 0 Å². The van der Waals surface area contributed by atoms with E-state index < -0.39 is 4.92 Å². The molecule has 6 nitrogen and oxygen atoms in total. The molecule has 1 aliphatic rings. The number of nitrogens with zero attached hydrogens (tertiary/aromatic N) is 2. The molecule has 0 N–H and O–H groups in total. The van der Waals surface area contributed by atoms with Crippen LogP contribution in [0.3, 0.4) is 0 Å². The lowest BCUT2D eigenvalue weighted by Crippen LogP contribution is -2.20. The number of hydrogen-bond acceptors (Lipinski definition) is 5. The second kappa shape index (κ2) is 6.42. The molecular formula is C21H12N2O4. The summed E-state index contributed by atoms with van der Waals surface area (Å²) >= 11 is 0. The predicted molar refractivity (Wildman–Crippen MR) is 100 cm³/mol. The topological polar surface area (TPSA) is 89.6 Å². The molecule has 3 aromatic carbocycles. The molecule has 0 amide bonds. The Labute approximate surface area is 154 Å². The Kier molecular flexibility index (Phi) is 3.93. The lowest BCUT2D eigenvalue weighted by molar-refractivity contribution is -0.384. The van der Waals surface area contributed by atoms with Crippen LogP contribution in [0.4, 0.5) is 11.4 Å². The molecule has 0 saturated heterocycles. The van der Waals surface area contributed by atoms with Gasteiger partial charge in [-0.2, -0.15) is 0 Å². The Hall–Kier alpha value is -3.93. The van der Waals surface area contributed by atoms with Crippen molar-refractivity contribution in [3.05, 3.63) is 105 Å². The first-order chi connectivity index (χ1) is 13.1. The van der Waals surface area contributed by atoms with E-state index in [1.807, 2.05) is 0 Å². The van der Waals surface area contributed by atoms with E-state index in [0.29, 0.717) is 27.9 Å². The van der Waals surface area contributed by atoms with E-state index in [2.05, 4.69) is 4.99 Å². The molecule has 130 valence electrons. The van der Waals surface area contributed by atoms with Crippen molar-refractivity contribution >= 4 is 29.2 Å². The Bertz CT molecular complexity index is 1150. The molecule has 0 atom stereocenters. The second-order valence-electron chi connectivity index (χ2n) is 6.01. The number of nitro benzene ring substituents is 1. The van der Waals surface area contributed by atoms with E-state index in [1.54, 1.807) is 54.6 Å². The number of carbonyl (C=O) groups excluding carboxylic acids is 2. The van der Waals surface area contributed by atoms with E-state index in [4.69, 9.17) is 0 Å². The number of carbonyl (C=O) groups is 2. The molecule has 4 rings (SSSR count). The quantitative estimate of drug-likeness (QED) is 0.314. The Morgan fingerprint density at radius 2 is 1.48 bits per heavy atom. The lowest BCUT2D eigenvalue weighted by Gasteiger charge is -2.18. The van der Waals surface area contributed by atoms with Gasteiger partial charge in [-0.3, -0.25) is 24.7 Å². The fraction of sp³-hybridized carbons (Fsp3) is 0. The van der Waals surface area contributed by atoms with Crippen molar-refractivity contribution in [3.8, 4) is 0 Å². The molecule has 6 heteroatoms. The molecule has 0 bridgehead atoms. The van der Waals surface area contributed by atoms with E-state index in [-0.39, 0.29) is 22.8 Å². The van der Waals surface area contributed by atoms with Crippen molar-refractivity contribution in [3.63, 3.8) is 0 Å². The fourth-order valence-corrected chi connectivity index (χ4v) is 3.10. The summed E-state index contributed by atoms with van der Waals surface area (Å²) in [6.45, 7) is 0. The monoisotopic (exact) mass is 356 g/mol. The van der Waals surface area contributed by atoms with Crippen molar-refractivity contribution in [2.75, 3.05) is 0 Å². The van der Waals surface area contributed by atoms with Gasteiger partial charge in [-0.1, -0.05) is 48.5 Å². The van der Waals surface area contributed by atoms with Gasteiger partial charge in [0.2, 0.25) is 0 Å². The molecule has 0 spiro atoms. The van der Waals surface area contributed by atoms with Gasteiger partial charge >= 0.3 is 0 Å². The van der Waals surface area contributed by atoms with Crippen LogP contribution < -0.4 is 0 Å². The number of nitro groups is 1. The van der Waals surface area contributed by atoms with Crippen LogP contribution >= 0.6 is 0 Å². The number of aliphatic imine (C=N–C) groups is 1. The largest absolute Gasteiger partial charge is 0.289 e. The van der Waals surface area contributed by atoms with Gasteiger partial charge < -0.3 is 0 Å². The maximum absolute atomic E-state index is 12.9. The summed E-state index contributed by atoms with van der Waals surface area (Å²) in [5.74, 6) is -0.473. The molecule has 3 aromatic rings. The molecule has 0 fully saturated rings. The van der Waals surface area contributed by atoms with Gasteiger partial charge in [0, 0.05) is 35.0 Å². The summed E-state index contributed by atoms with van der Waals surface area (Å²) in [5.41, 5.74) is 2.14. The van der Waals surface area contributed by atoms with Crippen molar-refractivity contribution in [2.45, 2.75) is 0 Å². The zero-order valence-corrected chi connectivity index (χ0v) is 14.0. The van der Waals surface area contributed by atoms with E-state index in [9.17, 15) is 19.7 Å². The third-order valence-corrected chi connectivity index (χ3v) is 4.36. The van der Waals surface area contributed by atoms with E-state index >= 15 is 0 Å². The molecular weight excluding hydrogens is 344 g/mol. The lowest BCUT2D eigenvalue weighted by atomic mass is 9.83. The Morgan fingerprint density at radius 1 is 0.815 bits per heavy atom. The SMILES string of the molecule is O=C1c2ccccc2C(=O)c2c(N=Cc3cccc([N+](=O)[O-])c3)cccc21. The zero-order valence-electron chi connectivity index (χ0n) is 14.0. The van der Waals surface area contributed by atoms with E-state index in [1.165, 1.54) is 18.3 Å². The molecule has 0 radical (unpaired) electrons. The molecule has 0 aromatic heterocycles. The minimum atomic E-state index is -0.485. The third-order valence-electron chi connectivity index (χ3n) is 4.36. The van der Waals surface area contributed by atoms with Gasteiger partial charge in [0.25, 0.3) is 5.69 Å². The number of non-ortho nitro benzene ring substituents is 1. The molecule has 0 aliphatic heterocycles. The zero-order chi connectivity index (χ0) is 19.0. The van der Waals surface area contributed by atoms with Crippen molar-refractivity contribution in [2.24, 2.45) is 4.99 Å². The van der Waals surface area contributed by atoms with Gasteiger partial charge in [-0.25, -0.2) is 0 Å². The van der Waals surface area contributed by atoms with Crippen LogP contribution in [0.15, 0.2) is 71.7 Å². The number of fused-ring (bicyclic) bond motifs is 2. The average molecular weight is 356 g/mol. The van der Waals surface area contributed by atoms with Crippen LogP contribution in [0.2, 0.25) is 0 Å². The molecule has 0 saturated carbocycles. The highest BCUT2D eigenvalue weighted by molar-refractivity contribution is 6.30. The van der Waals surface area contributed by atoms with Gasteiger partial charge in [-0.05, 0) is 11.6 Å². The summed E-state index contributed by atoms with van der Waals surface area (Å²) in [7, 11) is 0. The third kappa shape index (κ3) is 2.83. The molecule has 0 heterocycles. The minimum Gasteiger partial charge on any atom is -0.289 e. The smallest absolute Gasteiger partial charge is 0.270 e. The summed E-state index contributed by atoms with van der Waals surface area (Å²) in [6, 6.07) is 17.6. The maximum atomic E-state index is 12.9. The summed E-state index contributed by atoms with van der Waals surface area (Å²) in [4.78, 5) is 40.4. The highest BCUT2D eigenvalue weighted by Crippen LogP contribution is 2.33. The van der Waals surface area contributed by atoms with Crippen molar-refractivity contribution in [1.29, 1.82) is 0 Å². The number of rotatable bonds is 3. The second-order valence-corrected chi connectivity index (χ2v) is 6.01. The highest BCUT2D eigenvalue weighted by atomic mass is 16.6. The number of hydrogen-bond donors (Lipinski definition) is 0. The summed E-state index contributed by atoms with van der Waals surface area (Å²) in [5, 5.41) is 10.9. The van der Waals surface area contributed by atoms with Crippen LogP contribution in [0.5, 0.6) is 0 Å². The number of ketones is 2. The highest BCUT2D eigenvalue weighted by Gasteiger charge is 2.31. The maximum Gasteiger partial charge on any atom is 0.270 e. The standard InChI is InChI=1S/C21H12N2O4/c24-20-15-7-1-2-8-16(15)21(25)19-17(20)9-4-10-18(19)22-12-13-5-3-6-14(11-13)23(26)27/h1-12H. The van der Waals surface area contributed by atoms with Crippen molar-refractivity contribution in [1.82, 2.24) is 0 Å². The molecule has 0 unspecified atom stereocenters. The minimum absolute atomic E-state index is 0.0470. The molecule has 27 heavy (non-hydrogen) atoms. The Balaban J connectivity index is 1.79. The Morgan fingerprint density at radius 3 is 2.22 bits per heavy atom. The van der Waals surface area contributed by atoms with Crippen LogP contribution in [0.1, 0.15) is 37.4 Å². The van der Waals surface area contributed by atoms with Crippen LogP contribution in [-0.4, -0.2) is 22.7 Å². The summed E-state index contributed by atoms with van der Waals surface area (Å²) < 4.78 is 0. The van der Waals surface area contributed by atoms with E-state index in [0.717, 1.165) is 0 Å². The first kappa shape index (κ1) is 16.5. The van der Waals surface area contributed by atoms with Crippen LogP contribution in [0.25, 0.3) is 0 Å². The predicted octanol–water partition coefficient (Wildman–Crippen LogP) is 4.12. The molecule has 1 aliphatic carbocycles. The first-order valence-electron chi connectivity index (χ1n) is 8.16.